The van der Waals surface area contributed by atoms with Crippen LogP contribution in [-0.2, 0) is 11.0 Å². The Balaban J connectivity index is 2.15. The first kappa shape index (κ1) is 14.4. The molecule has 0 aromatic heterocycles. The van der Waals surface area contributed by atoms with Crippen molar-refractivity contribution in [2.24, 2.45) is 10.7 Å². The minimum atomic E-state index is -0.0222. The molecule has 3 heteroatoms. The van der Waals surface area contributed by atoms with E-state index in [0.29, 0.717) is 6.04 Å². The number of hydrogen-bond acceptors (Lipinski definition) is 3. The minimum Gasteiger partial charge on any atom is -0.370 e. The van der Waals surface area contributed by atoms with Gasteiger partial charge in [-0.3, -0.25) is 4.99 Å². The van der Waals surface area contributed by atoms with E-state index in [9.17, 15) is 0 Å². The Labute approximate surface area is 128 Å². The van der Waals surface area contributed by atoms with Crippen LogP contribution in [0.3, 0.4) is 0 Å². The smallest absolute Gasteiger partial charge is 0.192 e. The Kier molecular flexibility index (Phi) is 3.27. The summed E-state index contributed by atoms with van der Waals surface area (Å²) in [6, 6.07) is 9.32. The molecule has 1 heterocycles. The average molecular weight is 285 g/mol. The molecule has 2 atom stereocenters. The summed E-state index contributed by atoms with van der Waals surface area (Å²) < 4.78 is 0. The fraction of sp³-hybridized carbons (Fsp3) is 0.611. The third-order valence-corrected chi connectivity index (χ3v) is 5.56. The van der Waals surface area contributed by atoms with Crippen LogP contribution < -0.4 is 5.73 Å². The SMILES string of the molecule is CCC(C)N1C(N)=NCC12CCC(C)(C)c1ccccc12. The van der Waals surface area contributed by atoms with E-state index in [1.54, 1.807) is 0 Å². The van der Waals surface area contributed by atoms with Crippen LogP contribution >= 0.6 is 0 Å². The van der Waals surface area contributed by atoms with Gasteiger partial charge in [0.2, 0.25) is 0 Å². The van der Waals surface area contributed by atoms with Gasteiger partial charge in [0.25, 0.3) is 0 Å². The summed E-state index contributed by atoms with van der Waals surface area (Å²) >= 11 is 0. The molecule has 21 heavy (non-hydrogen) atoms. The van der Waals surface area contributed by atoms with E-state index < -0.39 is 0 Å². The van der Waals surface area contributed by atoms with Crippen molar-refractivity contribution < 1.29 is 0 Å². The fourth-order valence-corrected chi connectivity index (χ4v) is 4.10. The predicted octanol–water partition coefficient (Wildman–Crippen LogP) is 3.38. The fourth-order valence-electron chi connectivity index (χ4n) is 4.10. The zero-order valence-corrected chi connectivity index (χ0v) is 13.7. The summed E-state index contributed by atoms with van der Waals surface area (Å²) in [4.78, 5) is 7.02. The molecule has 2 aliphatic rings. The van der Waals surface area contributed by atoms with Crippen molar-refractivity contribution in [3.63, 3.8) is 0 Å². The van der Waals surface area contributed by atoms with Crippen LogP contribution in [-0.4, -0.2) is 23.4 Å². The number of rotatable bonds is 2. The molecular weight excluding hydrogens is 258 g/mol. The van der Waals surface area contributed by atoms with Gasteiger partial charge in [0.05, 0.1) is 12.1 Å². The Morgan fingerprint density at radius 3 is 2.57 bits per heavy atom. The van der Waals surface area contributed by atoms with Gasteiger partial charge in [0, 0.05) is 6.04 Å². The number of guanidine groups is 1. The summed E-state index contributed by atoms with van der Waals surface area (Å²) in [6.45, 7) is 9.99. The topological polar surface area (TPSA) is 41.6 Å². The molecular formula is C18H27N3. The van der Waals surface area contributed by atoms with E-state index in [0.717, 1.165) is 25.3 Å². The Morgan fingerprint density at radius 1 is 1.24 bits per heavy atom. The highest BCUT2D eigenvalue weighted by atomic mass is 15.4. The molecule has 1 aliphatic heterocycles. The van der Waals surface area contributed by atoms with Gasteiger partial charge in [-0.25, -0.2) is 0 Å². The summed E-state index contributed by atoms with van der Waals surface area (Å²) in [5.41, 5.74) is 9.38. The second kappa shape index (κ2) is 4.75. The maximum Gasteiger partial charge on any atom is 0.192 e. The summed E-state index contributed by atoms with van der Waals surface area (Å²) in [7, 11) is 0. The van der Waals surface area contributed by atoms with E-state index in [2.05, 4.69) is 61.9 Å². The van der Waals surface area contributed by atoms with Crippen molar-refractivity contribution >= 4 is 5.96 Å². The summed E-state index contributed by atoms with van der Waals surface area (Å²) in [5.74, 6) is 0.721. The molecule has 0 amide bonds. The first-order valence-electron chi connectivity index (χ1n) is 8.11. The molecule has 1 spiro atoms. The van der Waals surface area contributed by atoms with E-state index in [1.165, 1.54) is 17.5 Å². The Bertz CT molecular complexity index is 576. The van der Waals surface area contributed by atoms with E-state index in [4.69, 9.17) is 5.73 Å². The molecule has 3 nitrogen and oxygen atoms in total. The third kappa shape index (κ3) is 1.97. The Morgan fingerprint density at radius 2 is 1.90 bits per heavy atom. The van der Waals surface area contributed by atoms with Gasteiger partial charge >= 0.3 is 0 Å². The first-order chi connectivity index (χ1) is 9.92. The molecule has 2 unspecified atom stereocenters. The van der Waals surface area contributed by atoms with Crippen LogP contribution in [0.1, 0.15) is 58.1 Å². The van der Waals surface area contributed by atoms with Crippen LogP contribution in [0.5, 0.6) is 0 Å². The molecule has 1 aromatic carbocycles. The standard InChI is InChI=1S/C18H27N3/c1-5-13(2)21-16(19)20-12-18(21)11-10-17(3,4)14-8-6-7-9-15(14)18/h6-9,13H,5,10-12H2,1-4H3,(H2,19,20). The van der Waals surface area contributed by atoms with Crippen molar-refractivity contribution in [1.29, 1.82) is 0 Å². The molecule has 114 valence electrons. The number of nitrogens with zero attached hydrogens (tertiary/aromatic N) is 2. The highest BCUT2D eigenvalue weighted by Gasteiger charge is 2.50. The van der Waals surface area contributed by atoms with Crippen LogP contribution in [0.2, 0.25) is 0 Å². The van der Waals surface area contributed by atoms with Gasteiger partial charge in [-0.2, -0.15) is 0 Å². The molecule has 2 N–H and O–H groups in total. The molecule has 0 saturated heterocycles. The lowest BCUT2D eigenvalue weighted by Gasteiger charge is -2.50. The predicted molar refractivity (Wildman–Crippen MR) is 88.5 cm³/mol. The molecule has 0 fully saturated rings. The zero-order valence-electron chi connectivity index (χ0n) is 13.7. The monoisotopic (exact) mass is 285 g/mol. The maximum atomic E-state index is 6.26. The average Bonchev–Trinajstić information content (AvgIpc) is 2.81. The van der Waals surface area contributed by atoms with Gasteiger partial charge in [-0.05, 0) is 42.7 Å². The van der Waals surface area contributed by atoms with Gasteiger partial charge in [0.1, 0.15) is 0 Å². The number of benzene rings is 1. The second-order valence-electron chi connectivity index (χ2n) is 7.26. The number of fused-ring (bicyclic) bond motifs is 2. The van der Waals surface area contributed by atoms with Crippen LogP contribution in [0, 0.1) is 0 Å². The molecule has 0 radical (unpaired) electrons. The molecule has 0 bridgehead atoms. The largest absolute Gasteiger partial charge is 0.370 e. The molecule has 1 aliphatic carbocycles. The van der Waals surface area contributed by atoms with Gasteiger partial charge in [-0.1, -0.05) is 45.0 Å². The minimum absolute atomic E-state index is 0.0222. The first-order valence-corrected chi connectivity index (χ1v) is 8.11. The lowest BCUT2D eigenvalue weighted by atomic mass is 9.65. The summed E-state index contributed by atoms with van der Waals surface area (Å²) in [5, 5.41) is 0. The highest BCUT2D eigenvalue weighted by molar-refractivity contribution is 5.82. The van der Waals surface area contributed by atoms with E-state index in [1.807, 2.05) is 0 Å². The zero-order chi connectivity index (χ0) is 15.3. The molecule has 1 aromatic rings. The van der Waals surface area contributed by atoms with Crippen molar-refractivity contribution in [2.45, 2.75) is 64.0 Å². The van der Waals surface area contributed by atoms with E-state index >= 15 is 0 Å². The van der Waals surface area contributed by atoms with Crippen LogP contribution in [0.15, 0.2) is 29.3 Å². The van der Waals surface area contributed by atoms with Crippen molar-refractivity contribution in [1.82, 2.24) is 4.90 Å². The van der Waals surface area contributed by atoms with Gasteiger partial charge in [-0.15, -0.1) is 0 Å². The van der Waals surface area contributed by atoms with Crippen LogP contribution in [0.4, 0.5) is 0 Å². The van der Waals surface area contributed by atoms with Gasteiger partial charge in [0.15, 0.2) is 5.96 Å². The lowest BCUT2D eigenvalue weighted by Crippen LogP contribution is -2.56. The Hall–Kier alpha value is -1.51. The lowest BCUT2D eigenvalue weighted by molar-refractivity contribution is 0.115. The van der Waals surface area contributed by atoms with Crippen molar-refractivity contribution in [3.05, 3.63) is 35.4 Å². The van der Waals surface area contributed by atoms with Gasteiger partial charge < -0.3 is 10.6 Å². The number of nitrogens with two attached hydrogens (primary N) is 1. The highest BCUT2D eigenvalue weighted by Crippen LogP contribution is 2.50. The van der Waals surface area contributed by atoms with E-state index in [-0.39, 0.29) is 11.0 Å². The second-order valence-corrected chi connectivity index (χ2v) is 7.26. The molecule has 3 rings (SSSR count). The maximum absolute atomic E-state index is 6.26. The normalized spacial score (nSPS) is 28.4. The van der Waals surface area contributed by atoms with Crippen molar-refractivity contribution in [3.8, 4) is 0 Å². The summed E-state index contributed by atoms with van der Waals surface area (Å²) in [6.07, 6.45) is 3.40. The number of hydrogen-bond donors (Lipinski definition) is 1. The molecule has 0 saturated carbocycles. The number of aliphatic imine (C=N–C) groups is 1. The van der Waals surface area contributed by atoms with Crippen molar-refractivity contribution in [2.75, 3.05) is 6.54 Å². The quantitative estimate of drug-likeness (QED) is 0.905. The third-order valence-electron chi connectivity index (χ3n) is 5.56. The van der Waals surface area contributed by atoms with Crippen LogP contribution in [0.25, 0.3) is 0 Å².